The molecule has 17 heavy (non-hydrogen) atoms. The highest BCUT2D eigenvalue weighted by molar-refractivity contribution is 5.53. The number of nitrogens with zero attached hydrogens (tertiary/aromatic N) is 2. The van der Waals surface area contributed by atoms with E-state index < -0.39 is 0 Å². The number of hydrogen-bond donors (Lipinski definition) is 0. The average Bonchev–Trinajstić information content (AvgIpc) is 2.81. The van der Waals surface area contributed by atoms with Crippen molar-refractivity contribution in [3.05, 3.63) is 53.5 Å². The van der Waals surface area contributed by atoms with Crippen LogP contribution in [0, 0.1) is 18.3 Å². The minimum atomic E-state index is 0.721. The predicted molar refractivity (Wildman–Crippen MR) is 66.7 cm³/mol. The van der Waals surface area contributed by atoms with E-state index in [1.165, 1.54) is 0 Å². The molecule has 2 aromatic rings. The zero-order valence-electron chi connectivity index (χ0n) is 9.97. The Labute approximate surface area is 101 Å². The van der Waals surface area contributed by atoms with Gasteiger partial charge >= 0.3 is 0 Å². The molecule has 3 nitrogen and oxygen atoms in total. The second-order valence-corrected chi connectivity index (χ2v) is 4.05. The van der Waals surface area contributed by atoms with Gasteiger partial charge < -0.3 is 9.32 Å². The van der Waals surface area contributed by atoms with Crippen LogP contribution in [0.5, 0.6) is 0 Å². The van der Waals surface area contributed by atoms with Crippen LogP contribution < -0.4 is 4.90 Å². The van der Waals surface area contributed by atoms with Gasteiger partial charge in [0.15, 0.2) is 0 Å². The molecule has 0 amide bonds. The molecular weight excluding hydrogens is 212 g/mol. The number of benzene rings is 1. The Balaban J connectivity index is 2.17. The molecule has 2 rings (SSSR count). The number of aryl methyl sites for hydroxylation is 1. The van der Waals surface area contributed by atoms with Gasteiger partial charge in [-0.3, -0.25) is 0 Å². The summed E-state index contributed by atoms with van der Waals surface area (Å²) in [6.07, 6.45) is 1.67. The number of furan rings is 1. The smallest absolute Gasteiger partial charge is 0.123 e. The van der Waals surface area contributed by atoms with Gasteiger partial charge in [-0.1, -0.05) is 0 Å². The van der Waals surface area contributed by atoms with Crippen LogP contribution in [0.3, 0.4) is 0 Å². The van der Waals surface area contributed by atoms with Gasteiger partial charge in [-0.15, -0.1) is 0 Å². The van der Waals surface area contributed by atoms with Gasteiger partial charge in [0.2, 0.25) is 0 Å². The summed E-state index contributed by atoms with van der Waals surface area (Å²) in [7, 11) is 2.00. The molecule has 86 valence electrons. The lowest BCUT2D eigenvalue weighted by Gasteiger charge is -2.18. The molecule has 0 bridgehead atoms. The molecule has 0 saturated heterocycles. The number of nitriles is 1. The van der Waals surface area contributed by atoms with E-state index in [1.54, 1.807) is 6.26 Å². The molecule has 1 heterocycles. The van der Waals surface area contributed by atoms with E-state index in [0.717, 1.165) is 29.1 Å². The summed E-state index contributed by atoms with van der Waals surface area (Å²) < 4.78 is 5.31. The minimum absolute atomic E-state index is 0.721. The number of anilines is 1. The Morgan fingerprint density at radius 2 is 2.18 bits per heavy atom. The molecule has 0 aliphatic rings. The maximum atomic E-state index is 8.88. The summed E-state index contributed by atoms with van der Waals surface area (Å²) in [5, 5.41) is 8.88. The highest BCUT2D eigenvalue weighted by atomic mass is 16.3. The zero-order chi connectivity index (χ0) is 12.3. The van der Waals surface area contributed by atoms with E-state index in [2.05, 4.69) is 11.0 Å². The van der Waals surface area contributed by atoms with Crippen molar-refractivity contribution in [2.45, 2.75) is 13.5 Å². The second kappa shape index (κ2) is 4.75. The molecule has 1 aromatic heterocycles. The molecule has 0 unspecified atom stereocenters. The molecule has 0 aliphatic heterocycles. The first-order valence-corrected chi connectivity index (χ1v) is 5.45. The van der Waals surface area contributed by atoms with E-state index in [-0.39, 0.29) is 0 Å². The normalized spacial score (nSPS) is 9.94. The van der Waals surface area contributed by atoms with Crippen molar-refractivity contribution in [1.82, 2.24) is 0 Å². The fourth-order valence-corrected chi connectivity index (χ4v) is 1.74. The quantitative estimate of drug-likeness (QED) is 0.807. The summed E-state index contributed by atoms with van der Waals surface area (Å²) >= 11 is 0. The predicted octanol–water partition coefficient (Wildman–Crippen LogP) is 3.10. The van der Waals surface area contributed by atoms with Crippen LogP contribution in [0.2, 0.25) is 0 Å². The van der Waals surface area contributed by atoms with Crippen LogP contribution in [-0.2, 0) is 6.54 Å². The highest BCUT2D eigenvalue weighted by Gasteiger charge is 2.06. The largest absolute Gasteiger partial charge is 0.467 e. The number of rotatable bonds is 3. The topological polar surface area (TPSA) is 40.2 Å². The van der Waals surface area contributed by atoms with Crippen molar-refractivity contribution < 1.29 is 4.42 Å². The first-order valence-electron chi connectivity index (χ1n) is 5.45. The fraction of sp³-hybridized carbons (Fsp3) is 0.214. The molecule has 0 spiro atoms. The van der Waals surface area contributed by atoms with Crippen molar-refractivity contribution in [3.8, 4) is 6.07 Å². The summed E-state index contributed by atoms with van der Waals surface area (Å²) in [4.78, 5) is 2.09. The van der Waals surface area contributed by atoms with Crippen molar-refractivity contribution in [1.29, 1.82) is 5.26 Å². The van der Waals surface area contributed by atoms with E-state index in [9.17, 15) is 0 Å². The molecule has 0 fully saturated rings. The second-order valence-electron chi connectivity index (χ2n) is 4.05. The Hall–Kier alpha value is -2.21. The molecule has 0 aliphatic carbocycles. The van der Waals surface area contributed by atoms with Crippen LogP contribution in [-0.4, -0.2) is 7.05 Å². The zero-order valence-corrected chi connectivity index (χ0v) is 9.97. The average molecular weight is 226 g/mol. The van der Waals surface area contributed by atoms with E-state index in [1.807, 2.05) is 44.3 Å². The third kappa shape index (κ3) is 2.48. The van der Waals surface area contributed by atoms with Crippen molar-refractivity contribution in [2.24, 2.45) is 0 Å². The molecular formula is C14H14N2O. The Morgan fingerprint density at radius 3 is 2.76 bits per heavy atom. The van der Waals surface area contributed by atoms with E-state index in [4.69, 9.17) is 9.68 Å². The molecule has 0 radical (unpaired) electrons. The van der Waals surface area contributed by atoms with Gasteiger partial charge in [0.1, 0.15) is 5.76 Å². The maximum Gasteiger partial charge on any atom is 0.123 e. The van der Waals surface area contributed by atoms with Gasteiger partial charge in [0.25, 0.3) is 0 Å². The lowest BCUT2D eigenvalue weighted by molar-refractivity contribution is 0.507. The van der Waals surface area contributed by atoms with Crippen molar-refractivity contribution >= 4 is 5.69 Å². The van der Waals surface area contributed by atoms with Crippen LogP contribution in [0.4, 0.5) is 5.69 Å². The molecule has 0 N–H and O–H groups in total. The maximum absolute atomic E-state index is 8.88. The van der Waals surface area contributed by atoms with Crippen LogP contribution in [0.15, 0.2) is 41.0 Å². The Kier molecular flexibility index (Phi) is 3.15. The van der Waals surface area contributed by atoms with Gasteiger partial charge in [-0.2, -0.15) is 5.26 Å². The standard InChI is InChI=1S/C14H14N2O/c1-11-8-13(6-5-12(11)9-15)16(2)10-14-4-3-7-17-14/h3-8H,10H2,1-2H3. The lowest BCUT2D eigenvalue weighted by atomic mass is 10.1. The van der Waals surface area contributed by atoms with Gasteiger partial charge in [-0.25, -0.2) is 0 Å². The van der Waals surface area contributed by atoms with Crippen LogP contribution >= 0.6 is 0 Å². The highest BCUT2D eigenvalue weighted by Crippen LogP contribution is 2.19. The van der Waals surface area contributed by atoms with Gasteiger partial charge in [-0.05, 0) is 42.8 Å². The van der Waals surface area contributed by atoms with Crippen LogP contribution in [0.1, 0.15) is 16.9 Å². The Morgan fingerprint density at radius 1 is 1.35 bits per heavy atom. The molecule has 3 heteroatoms. The van der Waals surface area contributed by atoms with Crippen molar-refractivity contribution in [3.63, 3.8) is 0 Å². The molecule has 0 saturated carbocycles. The summed E-state index contributed by atoms with van der Waals surface area (Å²) in [5.41, 5.74) is 2.80. The third-order valence-electron chi connectivity index (χ3n) is 2.74. The monoisotopic (exact) mass is 226 g/mol. The molecule has 0 atom stereocenters. The van der Waals surface area contributed by atoms with Gasteiger partial charge in [0, 0.05) is 12.7 Å². The fourth-order valence-electron chi connectivity index (χ4n) is 1.74. The van der Waals surface area contributed by atoms with Crippen molar-refractivity contribution in [2.75, 3.05) is 11.9 Å². The summed E-state index contributed by atoms with van der Waals surface area (Å²) in [5.74, 6) is 0.925. The number of hydrogen-bond acceptors (Lipinski definition) is 3. The van der Waals surface area contributed by atoms with Crippen LogP contribution in [0.25, 0.3) is 0 Å². The summed E-state index contributed by atoms with van der Waals surface area (Å²) in [6, 6.07) is 11.8. The van der Waals surface area contributed by atoms with E-state index in [0.29, 0.717) is 0 Å². The third-order valence-corrected chi connectivity index (χ3v) is 2.74. The van der Waals surface area contributed by atoms with E-state index >= 15 is 0 Å². The Bertz CT molecular complexity index is 538. The molecule has 1 aromatic carbocycles. The SMILES string of the molecule is Cc1cc(N(C)Cc2ccco2)ccc1C#N. The minimum Gasteiger partial charge on any atom is -0.467 e. The summed E-state index contributed by atoms with van der Waals surface area (Å²) in [6.45, 7) is 2.67. The van der Waals surface area contributed by atoms with Gasteiger partial charge in [0.05, 0.1) is 24.4 Å². The first kappa shape index (κ1) is 11.3. The first-order chi connectivity index (χ1) is 8.20. The lowest BCUT2D eigenvalue weighted by Crippen LogP contribution is -2.16.